The first-order valence-corrected chi connectivity index (χ1v) is 12.2. The van der Waals surface area contributed by atoms with Crippen LogP contribution < -0.4 is 20.4 Å². The Balaban J connectivity index is 1.47. The predicted molar refractivity (Wildman–Crippen MR) is 140 cm³/mol. The molecule has 10 heteroatoms. The number of hydrogen-bond donors (Lipinski definition) is 2. The monoisotopic (exact) mass is 499 g/mol. The third kappa shape index (κ3) is 7.16. The van der Waals surface area contributed by atoms with Crippen molar-refractivity contribution in [2.45, 2.75) is 26.4 Å². The van der Waals surface area contributed by atoms with Gasteiger partial charge >= 0.3 is 0 Å². The number of nitrogens with one attached hydrogen (secondary N) is 2. The summed E-state index contributed by atoms with van der Waals surface area (Å²) in [6.07, 6.45) is 1.02. The van der Waals surface area contributed by atoms with Gasteiger partial charge in [-0.2, -0.15) is 15.0 Å². The normalized spacial score (nSPS) is 13.9. The van der Waals surface area contributed by atoms with Gasteiger partial charge in [0.15, 0.2) is 0 Å². The third-order valence-corrected chi connectivity index (χ3v) is 5.84. The molecule has 35 heavy (non-hydrogen) atoms. The minimum absolute atomic E-state index is 0.199. The van der Waals surface area contributed by atoms with Gasteiger partial charge in [-0.15, -0.1) is 0 Å². The van der Waals surface area contributed by atoms with Crippen molar-refractivity contribution in [1.82, 2.24) is 15.0 Å². The lowest BCUT2D eigenvalue weighted by atomic mass is 10.2. The summed E-state index contributed by atoms with van der Waals surface area (Å²) in [5, 5.41) is 7.11. The minimum atomic E-state index is -0.330. The zero-order valence-corrected chi connectivity index (χ0v) is 20.8. The molecule has 1 aromatic heterocycles. The molecule has 3 aromatic rings. The summed E-state index contributed by atoms with van der Waals surface area (Å²) in [5.41, 5.74) is 1.60. The predicted octanol–water partition coefficient (Wildman–Crippen LogP) is 4.96. The van der Waals surface area contributed by atoms with Crippen molar-refractivity contribution in [1.29, 1.82) is 0 Å². The van der Waals surface area contributed by atoms with E-state index in [0.717, 1.165) is 43.3 Å². The van der Waals surface area contributed by atoms with Gasteiger partial charge in [0.2, 0.25) is 17.8 Å². The molecule has 186 valence electrons. The van der Waals surface area contributed by atoms with Gasteiger partial charge in [-0.05, 0) is 50.6 Å². The summed E-state index contributed by atoms with van der Waals surface area (Å²) in [6.45, 7) is 8.39. The highest BCUT2D eigenvalue weighted by Crippen LogP contribution is 2.27. The summed E-state index contributed by atoms with van der Waals surface area (Å²) in [7, 11) is 0. The van der Waals surface area contributed by atoms with Crippen molar-refractivity contribution in [2.24, 2.45) is 0 Å². The third-order valence-electron chi connectivity index (χ3n) is 5.52. The van der Waals surface area contributed by atoms with Gasteiger partial charge in [0.1, 0.15) is 5.82 Å². The first-order valence-electron chi connectivity index (χ1n) is 11.9. The number of piperazine rings is 1. The van der Waals surface area contributed by atoms with Gasteiger partial charge in [0.25, 0.3) is 0 Å². The van der Waals surface area contributed by atoms with Crippen LogP contribution in [-0.2, 0) is 4.74 Å². The molecule has 0 spiro atoms. The molecule has 2 N–H and O–H groups in total. The number of benzene rings is 2. The average Bonchev–Trinajstić information content (AvgIpc) is 2.84. The van der Waals surface area contributed by atoms with Crippen molar-refractivity contribution >= 4 is 40.8 Å². The molecule has 0 radical (unpaired) electrons. The van der Waals surface area contributed by atoms with Gasteiger partial charge in [-0.1, -0.05) is 29.8 Å². The quantitative estimate of drug-likeness (QED) is 0.379. The number of nitrogens with zero attached hydrogens (tertiary/aromatic N) is 5. The molecule has 0 unspecified atom stereocenters. The molecular weight excluding hydrogens is 469 g/mol. The average molecular weight is 500 g/mol. The summed E-state index contributed by atoms with van der Waals surface area (Å²) < 4.78 is 19.3. The van der Waals surface area contributed by atoms with E-state index in [1.165, 1.54) is 12.1 Å². The highest BCUT2D eigenvalue weighted by molar-refractivity contribution is 6.33. The summed E-state index contributed by atoms with van der Waals surface area (Å²) in [6, 6.07) is 14.1. The SMILES string of the molecule is CC(C)OCCCNc1nc(Nc2cccc(F)c2)nc(N2CCN(c3ccccc3Cl)CC2)n1. The Morgan fingerprint density at radius 2 is 1.71 bits per heavy atom. The van der Waals surface area contributed by atoms with Crippen LogP contribution in [0.4, 0.5) is 33.6 Å². The van der Waals surface area contributed by atoms with E-state index in [9.17, 15) is 4.39 Å². The molecule has 0 bridgehead atoms. The lowest BCUT2D eigenvalue weighted by Crippen LogP contribution is -2.47. The van der Waals surface area contributed by atoms with Crippen LogP contribution in [0.15, 0.2) is 48.5 Å². The fraction of sp³-hybridized carbons (Fsp3) is 0.400. The Morgan fingerprint density at radius 3 is 2.46 bits per heavy atom. The second kappa shape index (κ2) is 12.0. The van der Waals surface area contributed by atoms with Crippen LogP contribution in [0, 0.1) is 5.82 Å². The van der Waals surface area contributed by atoms with E-state index in [4.69, 9.17) is 16.3 Å². The summed E-state index contributed by atoms with van der Waals surface area (Å²) >= 11 is 6.39. The molecule has 2 aromatic carbocycles. The number of hydrogen-bond acceptors (Lipinski definition) is 8. The minimum Gasteiger partial charge on any atom is -0.379 e. The maximum Gasteiger partial charge on any atom is 0.233 e. The van der Waals surface area contributed by atoms with E-state index >= 15 is 0 Å². The van der Waals surface area contributed by atoms with E-state index in [0.29, 0.717) is 36.7 Å². The van der Waals surface area contributed by atoms with Crippen LogP contribution in [0.1, 0.15) is 20.3 Å². The van der Waals surface area contributed by atoms with Crippen molar-refractivity contribution in [3.63, 3.8) is 0 Å². The largest absolute Gasteiger partial charge is 0.379 e. The van der Waals surface area contributed by atoms with Crippen molar-refractivity contribution in [3.8, 4) is 0 Å². The molecule has 1 saturated heterocycles. The van der Waals surface area contributed by atoms with Crippen LogP contribution in [0.2, 0.25) is 5.02 Å². The summed E-state index contributed by atoms with van der Waals surface area (Å²) in [5.74, 6) is 1.06. The first-order chi connectivity index (χ1) is 17.0. The Bertz CT molecular complexity index is 1110. The number of aromatic nitrogens is 3. The Hall–Kier alpha value is -3.17. The van der Waals surface area contributed by atoms with Crippen molar-refractivity contribution in [2.75, 3.05) is 59.8 Å². The van der Waals surface area contributed by atoms with Gasteiger partial charge < -0.3 is 25.2 Å². The van der Waals surface area contributed by atoms with E-state index in [1.54, 1.807) is 12.1 Å². The van der Waals surface area contributed by atoms with E-state index in [1.807, 2.05) is 38.1 Å². The van der Waals surface area contributed by atoms with Gasteiger partial charge in [0, 0.05) is 45.0 Å². The Kier molecular flexibility index (Phi) is 8.54. The molecule has 0 aliphatic carbocycles. The molecule has 0 amide bonds. The van der Waals surface area contributed by atoms with Gasteiger partial charge in [-0.25, -0.2) is 4.39 Å². The van der Waals surface area contributed by atoms with Crippen LogP contribution >= 0.6 is 11.6 Å². The topological polar surface area (TPSA) is 78.4 Å². The Labute approximate surface area is 210 Å². The first kappa shape index (κ1) is 24.9. The van der Waals surface area contributed by atoms with Crippen molar-refractivity contribution < 1.29 is 9.13 Å². The van der Waals surface area contributed by atoms with E-state index in [-0.39, 0.29) is 11.9 Å². The molecule has 1 fully saturated rings. The zero-order chi connectivity index (χ0) is 24.6. The molecular formula is C25H31ClFN7O. The molecule has 8 nitrogen and oxygen atoms in total. The van der Waals surface area contributed by atoms with Crippen LogP contribution in [0.5, 0.6) is 0 Å². The highest BCUT2D eigenvalue weighted by atomic mass is 35.5. The number of ether oxygens (including phenoxy) is 1. The highest BCUT2D eigenvalue weighted by Gasteiger charge is 2.22. The molecule has 4 rings (SSSR count). The van der Waals surface area contributed by atoms with Gasteiger partial charge in [0.05, 0.1) is 16.8 Å². The lowest BCUT2D eigenvalue weighted by molar-refractivity contribution is 0.0787. The smallest absolute Gasteiger partial charge is 0.233 e. The van der Waals surface area contributed by atoms with Crippen molar-refractivity contribution in [3.05, 3.63) is 59.4 Å². The van der Waals surface area contributed by atoms with E-state index < -0.39 is 0 Å². The fourth-order valence-electron chi connectivity index (χ4n) is 3.78. The maximum absolute atomic E-state index is 13.7. The second-order valence-corrected chi connectivity index (χ2v) is 8.95. The number of anilines is 5. The van der Waals surface area contributed by atoms with Gasteiger partial charge in [-0.3, -0.25) is 0 Å². The van der Waals surface area contributed by atoms with Crippen LogP contribution in [-0.4, -0.2) is 60.4 Å². The Morgan fingerprint density at radius 1 is 0.971 bits per heavy atom. The zero-order valence-electron chi connectivity index (χ0n) is 20.0. The number of para-hydroxylation sites is 1. The van der Waals surface area contributed by atoms with E-state index in [2.05, 4.69) is 35.4 Å². The molecule has 0 saturated carbocycles. The standard InChI is InChI=1S/C25H31ClFN7O/c1-18(2)35-16-6-11-28-23-30-24(29-20-8-5-7-19(27)17-20)32-25(31-23)34-14-12-33(13-15-34)22-10-4-3-9-21(22)26/h3-5,7-10,17-18H,6,11-16H2,1-2H3,(H2,28,29,30,31,32). The lowest BCUT2D eigenvalue weighted by Gasteiger charge is -2.36. The van der Waals surface area contributed by atoms with Crippen LogP contribution in [0.3, 0.4) is 0 Å². The maximum atomic E-state index is 13.7. The molecule has 1 aliphatic rings. The molecule has 1 aliphatic heterocycles. The number of rotatable bonds is 10. The summed E-state index contributed by atoms with van der Waals surface area (Å²) in [4.78, 5) is 18.2. The molecule has 0 atom stereocenters. The number of halogens is 2. The molecule has 2 heterocycles. The van der Waals surface area contributed by atoms with Crippen LogP contribution in [0.25, 0.3) is 0 Å². The second-order valence-electron chi connectivity index (χ2n) is 8.54. The fourth-order valence-corrected chi connectivity index (χ4v) is 4.04.